The van der Waals surface area contributed by atoms with Gasteiger partial charge in [-0.1, -0.05) is 37.8 Å². The van der Waals surface area contributed by atoms with Crippen LogP contribution in [0, 0.1) is 0 Å². The van der Waals surface area contributed by atoms with Crippen LogP contribution in [-0.2, 0) is 16.0 Å². The lowest BCUT2D eigenvalue weighted by Crippen LogP contribution is -2.25. The largest absolute Gasteiger partial charge is 0.393 e. The fourth-order valence-electron chi connectivity index (χ4n) is 3.54. The molecule has 4 heteroatoms. The fourth-order valence-corrected chi connectivity index (χ4v) is 3.54. The van der Waals surface area contributed by atoms with Crippen molar-refractivity contribution in [3.63, 3.8) is 0 Å². The quantitative estimate of drug-likeness (QED) is 0.746. The first-order valence-electron chi connectivity index (χ1n) is 10.1. The average Bonchev–Trinajstić information content (AvgIpc) is 2.63. The summed E-state index contributed by atoms with van der Waals surface area (Å²) in [6, 6.07) is 8.25. The molecule has 2 rings (SSSR count). The smallest absolute Gasteiger partial charge is 0.226 e. The topological polar surface area (TPSA) is 57.6 Å². The van der Waals surface area contributed by atoms with Gasteiger partial charge in [-0.2, -0.15) is 0 Å². The molecule has 0 aliphatic carbocycles. The van der Waals surface area contributed by atoms with Gasteiger partial charge in [0, 0.05) is 32.0 Å². The van der Waals surface area contributed by atoms with E-state index in [2.05, 4.69) is 12.1 Å². The second-order valence-corrected chi connectivity index (χ2v) is 7.53. The molecule has 1 aliphatic rings. The molecule has 0 saturated heterocycles. The Labute approximate surface area is 157 Å². The molecule has 0 aromatic heterocycles. The molecule has 1 N–H and O–H groups in total. The maximum absolute atomic E-state index is 12.4. The van der Waals surface area contributed by atoms with Gasteiger partial charge in [0.15, 0.2) is 0 Å². The fraction of sp³-hybridized carbons (Fsp3) is 0.636. The van der Waals surface area contributed by atoms with Gasteiger partial charge < -0.3 is 10.0 Å². The Kier molecular flexibility index (Phi) is 8.82. The number of hydrogen-bond acceptors (Lipinski definition) is 3. The normalized spacial score (nSPS) is 22.4. The molecule has 0 radical (unpaired) electrons. The zero-order valence-corrected chi connectivity index (χ0v) is 16.1. The molecule has 26 heavy (non-hydrogen) atoms. The van der Waals surface area contributed by atoms with Crippen molar-refractivity contribution in [1.29, 1.82) is 0 Å². The van der Waals surface area contributed by atoms with Crippen LogP contribution in [-0.4, -0.2) is 29.9 Å². The van der Waals surface area contributed by atoms with Crippen LogP contribution in [0.3, 0.4) is 0 Å². The molecular weight excluding hydrogens is 326 g/mol. The molecular formula is C22H33NO3. The van der Waals surface area contributed by atoms with Crippen LogP contribution in [0.5, 0.6) is 0 Å². The second kappa shape index (κ2) is 11.1. The monoisotopic (exact) mass is 359 g/mol. The Hall–Kier alpha value is -1.68. The standard InChI is InChI=1S/C22H33NO3/c1-23-19-12-9-11-18(16-19)10-5-2-3-6-13-20(24)17-21(25)14-7-4-8-15-22(23)26/h9,11-12,16,21,25H,2-8,10,13-15,17H2,1H3. The highest BCUT2D eigenvalue weighted by Gasteiger charge is 2.13. The molecule has 0 spiro atoms. The number of ketones is 1. The maximum Gasteiger partial charge on any atom is 0.226 e. The third-order valence-electron chi connectivity index (χ3n) is 5.23. The van der Waals surface area contributed by atoms with E-state index in [9.17, 15) is 14.7 Å². The first-order chi connectivity index (χ1) is 12.6. The molecule has 1 aromatic rings. The molecule has 1 unspecified atom stereocenters. The Balaban J connectivity index is 1.96. The van der Waals surface area contributed by atoms with Gasteiger partial charge in [-0.25, -0.2) is 0 Å². The molecule has 1 aromatic carbocycles. The van der Waals surface area contributed by atoms with Crippen molar-refractivity contribution in [2.24, 2.45) is 0 Å². The summed E-state index contributed by atoms with van der Waals surface area (Å²) in [7, 11) is 1.85. The number of amides is 1. The van der Waals surface area contributed by atoms with Gasteiger partial charge in [0.25, 0.3) is 0 Å². The summed E-state index contributed by atoms with van der Waals surface area (Å²) in [5.41, 5.74) is 2.23. The van der Waals surface area contributed by atoms with E-state index in [1.54, 1.807) is 4.90 Å². The maximum atomic E-state index is 12.4. The van der Waals surface area contributed by atoms with Crippen LogP contribution in [0.2, 0.25) is 0 Å². The van der Waals surface area contributed by atoms with Gasteiger partial charge in [-0.15, -0.1) is 0 Å². The predicted octanol–water partition coefficient (Wildman–Crippen LogP) is 4.43. The van der Waals surface area contributed by atoms with E-state index in [1.807, 2.05) is 19.2 Å². The number of aliphatic hydroxyl groups is 1. The highest BCUT2D eigenvalue weighted by Crippen LogP contribution is 2.19. The van der Waals surface area contributed by atoms with Crippen molar-refractivity contribution in [3.8, 4) is 0 Å². The number of Topliss-reactive ketones (excluding diaryl/α,β-unsaturated/α-hetero) is 1. The lowest BCUT2D eigenvalue weighted by atomic mass is 10.0. The van der Waals surface area contributed by atoms with Crippen LogP contribution in [0.25, 0.3) is 0 Å². The number of carbonyl (C=O) groups is 2. The summed E-state index contributed by atoms with van der Waals surface area (Å²) >= 11 is 0. The summed E-state index contributed by atoms with van der Waals surface area (Å²) in [4.78, 5) is 26.1. The summed E-state index contributed by atoms with van der Waals surface area (Å²) in [6.45, 7) is 0. The first-order valence-corrected chi connectivity index (χ1v) is 10.1. The molecule has 1 atom stereocenters. The highest BCUT2D eigenvalue weighted by molar-refractivity contribution is 5.92. The number of aliphatic hydroxyl groups excluding tert-OH is 1. The zero-order valence-electron chi connectivity index (χ0n) is 16.1. The van der Waals surface area contributed by atoms with E-state index in [1.165, 1.54) is 5.56 Å². The van der Waals surface area contributed by atoms with Crippen molar-refractivity contribution < 1.29 is 14.7 Å². The van der Waals surface area contributed by atoms with E-state index >= 15 is 0 Å². The number of benzene rings is 1. The first kappa shape index (κ1) is 20.6. The summed E-state index contributed by atoms with van der Waals surface area (Å²) in [5, 5.41) is 9.99. The van der Waals surface area contributed by atoms with E-state index in [-0.39, 0.29) is 18.1 Å². The Morgan fingerprint density at radius 3 is 2.42 bits per heavy atom. The number of fused-ring (bicyclic) bond motifs is 2. The zero-order chi connectivity index (χ0) is 18.8. The Morgan fingerprint density at radius 1 is 0.923 bits per heavy atom. The number of anilines is 1. The van der Waals surface area contributed by atoms with E-state index in [0.717, 1.165) is 57.1 Å². The summed E-state index contributed by atoms with van der Waals surface area (Å²) < 4.78 is 0. The number of hydrogen-bond donors (Lipinski definition) is 1. The van der Waals surface area contributed by atoms with Crippen molar-refractivity contribution in [3.05, 3.63) is 29.8 Å². The molecule has 1 amide bonds. The lowest BCUT2D eigenvalue weighted by molar-refractivity contribution is -0.121. The minimum Gasteiger partial charge on any atom is -0.393 e. The third-order valence-corrected chi connectivity index (χ3v) is 5.23. The average molecular weight is 360 g/mol. The molecule has 0 fully saturated rings. The predicted molar refractivity (Wildman–Crippen MR) is 105 cm³/mol. The van der Waals surface area contributed by atoms with E-state index < -0.39 is 6.10 Å². The molecule has 1 aliphatic heterocycles. The van der Waals surface area contributed by atoms with Crippen LogP contribution in [0.4, 0.5) is 5.69 Å². The van der Waals surface area contributed by atoms with Crippen LogP contribution in [0.1, 0.15) is 76.2 Å². The number of carbonyl (C=O) groups excluding carboxylic acids is 2. The van der Waals surface area contributed by atoms with Crippen LogP contribution in [0.15, 0.2) is 24.3 Å². The minimum absolute atomic E-state index is 0.135. The van der Waals surface area contributed by atoms with Gasteiger partial charge >= 0.3 is 0 Å². The number of nitrogens with zero attached hydrogens (tertiary/aromatic N) is 1. The van der Waals surface area contributed by atoms with Gasteiger partial charge in [-0.3, -0.25) is 9.59 Å². The van der Waals surface area contributed by atoms with E-state index in [4.69, 9.17) is 0 Å². The van der Waals surface area contributed by atoms with Crippen molar-refractivity contribution in [1.82, 2.24) is 0 Å². The van der Waals surface area contributed by atoms with Crippen LogP contribution >= 0.6 is 0 Å². The lowest BCUT2D eigenvalue weighted by Gasteiger charge is -2.18. The summed E-state index contributed by atoms with van der Waals surface area (Å²) in [6.07, 6.45) is 9.30. The molecule has 4 nitrogen and oxygen atoms in total. The van der Waals surface area contributed by atoms with Crippen molar-refractivity contribution >= 4 is 17.4 Å². The molecule has 1 heterocycles. The van der Waals surface area contributed by atoms with Gasteiger partial charge in [-0.05, 0) is 49.8 Å². The molecule has 2 bridgehead atoms. The van der Waals surface area contributed by atoms with Crippen molar-refractivity contribution in [2.45, 2.75) is 83.2 Å². The highest BCUT2D eigenvalue weighted by atomic mass is 16.3. The second-order valence-electron chi connectivity index (χ2n) is 7.53. The molecule has 0 saturated carbocycles. The van der Waals surface area contributed by atoms with Crippen LogP contribution < -0.4 is 4.90 Å². The Bertz CT molecular complexity index is 585. The molecule has 144 valence electrons. The Morgan fingerprint density at radius 2 is 1.62 bits per heavy atom. The third kappa shape index (κ3) is 7.28. The number of aryl methyl sites for hydroxylation is 1. The van der Waals surface area contributed by atoms with E-state index in [0.29, 0.717) is 19.3 Å². The van der Waals surface area contributed by atoms with Gasteiger partial charge in [0.1, 0.15) is 5.78 Å². The number of rotatable bonds is 0. The van der Waals surface area contributed by atoms with Gasteiger partial charge in [0.05, 0.1) is 6.10 Å². The van der Waals surface area contributed by atoms with Gasteiger partial charge in [0.2, 0.25) is 5.91 Å². The SMILES string of the molecule is CN1C(=O)CCCCCC(O)CC(=O)CCCCCCc2cccc1c2. The summed E-state index contributed by atoms with van der Waals surface area (Å²) in [5.74, 6) is 0.315. The van der Waals surface area contributed by atoms with Crippen molar-refractivity contribution in [2.75, 3.05) is 11.9 Å². The minimum atomic E-state index is -0.524.